The number of halogens is 1. The summed E-state index contributed by atoms with van der Waals surface area (Å²) in [6.45, 7) is 0. The number of aromatic nitrogens is 1. The molecule has 0 amide bonds. The number of fused-ring (bicyclic) bond motifs is 1. The van der Waals surface area contributed by atoms with Crippen molar-refractivity contribution in [3.63, 3.8) is 0 Å². The molecular formula is C17H15FN2S. The number of hydrogen-bond acceptors (Lipinski definition) is 3. The van der Waals surface area contributed by atoms with Gasteiger partial charge in [-0.2, -0.15) is 0 Å². The molecule has 2 nitrogen and oxygen atoms in total. The molecule has 21 heavy (non-hydrogen) atoms. The summed E-state index contributed by atoms with van der Waals surface area (Å²) in [6, 6.07) is 14.5. The third-order valence-electron chi connectivity index (χ3n) is 3.32. The third kappa shape index (κ3) is 3.23. The maximum atomic E-state index is 13.2. The molecule has 0 spiro atoms. The van der Waals surface area contributed by atoms with Crippen molar-refractivity contribution in [2.24, 2.45) is 5.73 Å². The number of nitrogens with two attached hydrogens (primary N) is 1. The van der Waals surface area contributed by atoms with Gasteiger partial charge in [0.2, 0.25) is 0 Å². The van der Waals surface area contributed by atoms with Gasteiger partial charge in [-0.05, 0) is 29.1 Å². The zero-order chi connectivity index (χ0) is 14.7. The van der Waals surface area contributed by atoms with Gasteiger partial charge in [0.1, 0.15) is 5.82 Å². The number of nitrogens with zero attached hydrogens (tertiary/aromatic N) is 1. The van der Waals surface area contributed by atoms with Gasteiger partial charge in [0.15, 0.2) is 0 Å². The number of thioether (sulfide) groups is 1. The van der Waals surface area contributed by atoms with Gasteiger partial charge in [-0.25, -0.2) is 4.39 Å². The molecule has 1 heterocycles. The lowest BCUT2D eigenvalue weighted by Crippen LogP contribution is -2.13. The molecule has 0 fully saturated rings. The Morgan fingerprint density at radius 1 is 1.10 bits per heavy atom. The van der Waals surface area contributed by atoms with Gasteiger partial charge in [-0.1, -0.05) is 30.3 Å². The highest BCUT2D eigenvalue weighted by Gasteiger charge is 2.11. The zero-order valence-corrected chi connectivity index (χ0v) is 12.2. The van der Waals surface area contributed by atoms with Gasteiger partial charge in [-0.3, -0.25) is 4.98 Å². The first-order valence-corrected chi connectivity index (χ1v) is 7.69. The fourth-order valence-corrected chi connectivity index (χ4v) is 3.19. The van der Waals surface area contributed by atoms with E-state index in [2.05, 4.69) is 11.1 Å². The fraction of sp³-hybridized carbons (Fsp3) is 0.118. The van der Waals surface area contributed by atoms with Crippen molar-refractivity contribution in [2.75, 3.05) is 5.75 Å². The number of benzene rings is 2. The molecule has 0 aliphatic rings. The van der Waals surface area contributed by atoms with Crippen molar-refractivity contribution in [1.82, 2.24) is 4.98 Å². The SMILES string of the molecule is NC(CSc1cccc(F)c1)c1cncc2ccccc12. The molecular weight excluding hydrogens is 283 g/mol. The third-order valence-corrected chi connectivity index (χ3v) is 4.44. The molecule has 3 aromatic rings. The molecule has 0 aliphatic carbocycles. The lowest BCUT2D eigenvalue weighted by Gasteiger charge is -2.14. The van der Waals surface area contributed by atoms with E-state index in [0.717, 1.165) is 21.2 Å². The van der Waals surface area contributed by atoms with Crippen LogP contribution in [0.15, 0.2) is 65.8 Å². The molecule has 1 unspecified atom stereocenters. The monoisotopic (exact) mass is 298 g/mol. The Balaban J connectivity index is 1.79. The van der Waals surface area contributed by atoms with E-state index in [1.54, 1.807) is 17.8 Å². The predicted molar refractivity (Wildman–Crippen MR) is 85.8 cm³/mol. The van der Waals surface area contributed by atoms with Gasteiger partial charge in [0.05, 0.1) is 0 Å². The van der Waals surface area contributed by atoms with E-state index >= 15 is 0 Å². The Morgan fingerprint density at radius 3 is 2.81 bits per heavy atom. The molecule has 0 aliphatic heterocycles. The van der Waals surface area contributed by atoms with Crippen LogP contribution in [0.3, 0.4) is 0 Å². The Labute approximate surface area is 127 Å². The molecule has 3 rings (SSSR count). The summed E-state index contributed by atoms with van der Waals surface area (Å²) >= 11 is 1.55. The first-order valence-electron chi connectivity index (χ1n) is 6.70. The van der Waals surface area contributed by atoms with Crippen molar-refractivity contribution in [3.05, 3.63) is 72.3 Å². The van der Waals surface area contributed by atoms with Crippen LogP contribution in [0, 0.1) is 5.82 Å². The van der Waals surface area contributed by atoms with Crippen LogP contribution in [0.1, 0.15) is 11.6 Å². The number of rotatable bonds is 4. The molecule has 0 saturated heterocycles. The average molecular weight is 298 g/mol. The van der Waals surface area contributed by atoms with Crippen LogP contribution in [-0.4, -0.2) is 10.7 Å². The van der Waals surface area contributed by atoms with E-state index in [1.165, 1.54) is 12.1 Å². The predicted octanol–water partition coefficient (Wildman–Crippen LogP) is 4.17. The summed E-state index contributed by atoms with van der Waals surface area (Å²) in [7, 11) is 0. The summed E-state index contributed by atoms with van der Waals surface area (Å²) in [4.78, 5) is 5.14. The molecule has 0 radical (unpaired) electrons. The highest BCUT2D eigenvalue weighted by molar-refractivity contribution is 7.99. The van der Waals surface area contributed by atoms with E-state index in [9.17, 15) is 4.39 Å². The maximum absolute atomic E-state index is 13.2. The van der Waals surface area contributed by atoms with E-state index < -0.39 is 0 Å². The van der Waals surface area contributed by atoms with Crippen LogP contribution in [0.5, 0.6) is 0 Å². The maximum Gasteiger partial charge on any atom is 0.124 e. The van der Waals surface area contributed by atoms with Crippen molar-refractivity contribution in [1.29, 1.82) is 0 Å². The summed E-state index contributed by atoms with van der Waals surface area (Å²) in [5.41, 5.74) is 7.32. The Hall–Kier alpha value is -1.91. The largest absolute Gasteiger partial charge is 0.323 e. The first kappa shape index (κ1) is 14.0. The van der Waals surface area contributed by atoms with E-state index in [0.29, 0.717) is 5.75 Å². The van der Waals surface area contributed by atoms with Crippen LogP contribution in [-0.2, 0) is 0 Å². The van der Waals surface area contributed by atoms with Crippen LogP contribution >= 0.6 is 11.8 Å². The van der Waals surface area contributed by atoms with Crippen LogP contribution in [0.2, 0.25) is 0 Å². The average Bonchev–Trinajstić information content (AvgIpc) is 2.52. The van der Waals surface area contributed by atoms with Crippen molar-refractivity contribution in [3.8, 4) is 0 Å². The minimum atomic E-state index is -0.222. The molecule has 1 aromatic heterocycles. The van der Waals surface area contributed by atoms with Crippen molar-refractivity contribution < 1.29 is 4.39 Å². The zero-order valence-electron chi connectivity index (χ0n) is 11.4. The van der Waals surface area contributed by atoms with E-state index in [1.807, 2.05) is 36.7 Å². The van der Waals surface area contributed by atoms with Crippen LogP contribution in [0.25, 0.3) is 10.8 Å². The minimum absolute atomic E-state index is 0.142. The summed E-state index contributed by atoms with van der Waals surface area (Å²) in [5.74, 6) is 0.458. The van der Waals surface area contributed by atoms with Crippen LogP contribution in [0.4, 0.5) is 4.39 Å². The topological polar surface area (TPSA) is 38.9 Å². The van der Waals surface area contributed by atoms with Crippen molar-refractivity contribution in [2.45, 2.75) is 10.9 Å². The molecule has 0 saturated carbocycles. The molecule has 106 valence electrons. The van der Waals surface area contributed by atoms with Gasteiger partial charge >= 0.3 is 0 Å². The number of hydrogen-bond donors (Lipinski definition) is 1. The second-order valence-corrected chi connectivity index (χ2v) is 5.92. The lowest BCUT2D eigenvalue weighted by molar-refractivity contribution is 0.624. The highest BCUT2D eigenvalue weighted by Crippen LogP contribution is 2.27. The first-order chi connectivity index (χ1) is 10.2. The van der Waals surface area contributed by atoms with Gasteiger partial charge in [0, 0.05) is 34.5 Å². The molecule has 2 aromatic carbocycles. The second-order valence-electron chi connectivity index (χ2n) is 4.82. The Bertz CT molecular complexity index is 755. The Morgan fingerprint density at radius 2 is 1.95 bits per heavy atom. The summed E-state index contributed by atoms with van der Waals surface area (Å²) in [5, 5.41) is 2.21. The standard InChI is InChI=1S/C17H15FN2S/c18-13-5-3-6-14(8-13)21-11-17(19)16-10-20-9-12-4-1-2-7-15(12)16/h1-10,17H,11,19H2. The summed E-state index contributed by atoms with van der Waals surface area (Å²) in [6.07, 6.45) is 3.66. The fourth-order valence-electron chi connectivity index (χ4n) is 2.27. The molecule has 1 atom stereocenters. The normalized spacial score (nSPS) is 12.5. The van der Waals surface area contributed by atoms with E-state index in [-0.39, 0.29) is 11.9 Å². The second kappa shape index (κ2) is 6.24. The molecule has 2 N–H and O–H groups in total. The van der Waals surface area contributed by atoms with E-state index in [4.69, 9.17) is 5.73 Å². The Kier molecular flexibility index (Phi) is 4.18. The minimum Gasteiger partial charge on any atom is -0.323 e. The summed E-state index contributed by atoms with van der Waals surface area (Å²) < 4.78 is 13.2. The van der Waals surface area contributed by atoms with Gasteiger partial charge in [-0.15, -0.1) is 11.8 Å². The lowest BCUT2D eigenvalue weighted by atomic mass is 10.0. The quantitative estimate of drug-likeness (QED) is 0.735. The molecule has 4 heteroatoms. The van der Waals surface area contributed by atoms with Crippen molar-refractivity contribution >= 4 is 22.5 Å². The highest BCUT2D eigenvalue weighted by atomic mass is 32.2. The number of pyridine rings is 1. The van der Waals surface area contributed by atoms with Gasteiger partial charge < -0.3 is 5.73 Å². The smallest absolute Gasteiger partial charge is 0.124 e. The van der Waals surface area contributed by atoms with Crippen LogP contribution < -0.4 is 5.73 Å². The van der Waals surface area contributed by atoms with Gasteiger partial charge in [0.25, 0.3) is 0 Å². The molecule has 0 bridgehead atoms.